The number of carbonyl (C=O) groups excluding carboxylic acids is 1. The number of H-pyrrole nitrogens is 1. The SMILES string of the molecule is Cc1[nH]c(C(=O)NCc2ccc3c(c2)OCO3)c(C)c1S(=O)(=O)N1CCC(C)CC1. The predicted octanol–water partition coefficient (Wildman–Crippen LogP) is 2.71. The Morgan fingerprint density at radius 3 is 2.63 bits per heavy atom. The fraction of sp³-hybridized carbons (Fsp3) is 0.476. The van der Waals surface area contributed by atoms with Crippen molar-refractivity contribution in [3.8, 4) is 11.5 Å². The first-order valence-electron chi connectivity index (χ1n) is 10.1. The Morgan fingerprint density at radius 1 is 1.20 bits per heavy atom. The third kappa shape index (κ3) is 3.79. The van der Waals surface area contributed by atoms with E-state index < -0.39 is 10.0 Å². The minimum absolute atomic E-state index is 0.194. The van der Waals surface area contributed by atoms with Crippen LogP contribution in [0.5, 0.6) is 11.5 Å². The number of piperidine rings is 1. The number of fused-ring (bicyclic) bond motifs is 1. The van der Waals surface area contributed by atoms with Gasteiger partial charge in [0.1, 0.15) is 10.6 Å². The maximum atomic E-state index is 13.2. The van der Waals surface area contributed by atoms with Crippen LogP contribution < -0.4 is 14.8 Å². The molecule has 0 saturated carbocycles. The maximum Gasteiger partial charge on any atom is 0.268 e. The molecule has 1 amide bonds. The molecule has 0 atom stereocenters. The quantitative estimate of drug-likeness (QED) is 0.755. The first-order chi connectivity index (χ1) is 14.3. The fourth-order valence-electron chi connectivity index (χ4n) is 4.02. The number of benzene rings is 1. The smallest absolute Gasteiger partial charge is 0.268 e. The van der Waals surface area contributed by atoms with E-state index >= 15 is 0 Å². The molecule has 2 N–H and O–H groups in total. The lowest BCUT2D eigenvalue weighted by atomic mass is 10.0. The van der Waals surface area contributed by atoms with Gasteiger partial charge >= 0.3 is 0 Å². The largest absolute Gasteiger partial charge is 0.454 e. The number of sulfonamides is 1. The van der Waals surface area contributed by atoms with Crippen molar-refractivity contribution in [2.75, 3.05) is 19.9 Å². The van der Waals surface area contributed by atoms with Crippen LogP contribution in [0.15, 0.2) is 23.1 Å². The highest BCUT2D eigenvalue weighted by molar-refractivity contribution is 7.89. The van der Waals surface area contributed by atoms with Gasteiger partial charge in [0.2, 0.25) is 16.8 Å². The molecule has 9 heteroatoms. The molecule has 0 unspecified atom stereocenters. The van der Waals surface area contributed by atoms with Crippen LogP contribution >= 0.6 is 0 Å². The fourth-order valence-corrected chi connectivity index (χ4v) is 5.90. The number of aromatic nitrogens is 1. The van der Waals surface area contributed by atoms with Crippen molar-refractivity contribution in [1.82, 2.24) is 14.6 Å². The molecule has 1 aromatic heterocycles. The highest BCUT2D eigenvalue weighted by Crippen LogP contribution is 2.33. The molecule has 2 aliphatic rings. The van der Waals surface area contributed by atoms with Crippen molar-refractivity contribution in [3.63, 3.8) is 0 Å². The Kier molecular flexibility index (Phi) is 5.50. The number of nitrogens with zero attached hydrogens (tertiary/aromatic N) is 1. The van der Waals surface area contributed by atoms with Crippen LogP contribution in [-0.2, 0) is 16.6 Å². The van der Waals surface area contributed by atoms with Crippen LogP contribution in [0, 0.1) is 19.8 Å². The number of nitrogens with one attached hydrogen (secondary N) is 2. The van der Waals surface area contributed by atoms with Crippen LogP contribution in [0.1, 0.15) is 47.1 Å². The Balaban J connectivity index is 1.50. The molecule has 3 heterocycles. The van der Waals surface area contributed by atoms with E-state index in [0.717, 1.165) is 18.4 Å². The summed E-state index contributed by atoms with van der Waals surface area (Å²) in [5.41, 5.74) is 2.08. The summed E-state index contributed by atoms with van der Waals surface area (Å²) in [4.78, 5) is 16.0. The topological polar surface area (TPSA) is 101 Å². The number of rotatable bonds is 5. The first-order valence-corrected chi connectivity index (χ1v) is 11.6. The van der Waals surface area contributed by atoms with E-state index in [1.54, 1.807) is 19.9 Å². The van der Waals surface area contributed by atoms with Crippen molar-refractivity contribution in [1.29, 1.82) is 0 Å². The van der Waals surface area contributed by atoms with E-state index in [1.807, 2.05) is 12.1 Å². The van der Waals surface area contributed by atoms with E-state index in [-0.39, 0.29) is 23.3 Å². The molecule has 0 bridgehead atoms. The van der Waals surface area contributed by atoms with Crippen LogP contribution in [0.25, 0.3) is 0 Å². The molecule has 162 valence electrons. The number of carbonyl (C=O) groups is 1. The van der Waals surface area contributed by atoms with E-state index in [9.17, 15) is 13.2 Å². The molecule has 1 fully saturated rings. The molecule has 8 nitrogen and oxygen atoms in total. The molecular formula is C21H27N3O5S. The average Bonchev–Trinajstić information content (AvgIpc) is 3.30. The Bertz CT molecular complexity index is 1070. The zero-order valence-corrected chi connectivity index (χ0v) is 18.3. The number of hydrogen-bond donors (Lipinski definition) is 2. The molecule has 1 aromatic carbocycles. The van der Waals surface area contributed by atoms with Gasteiger partial charge in [-0.05, 0) is 55.9 Å². The molecule has 2 aliphatic heterocycles. The minimum Gasteiger partial charge on any atom is -0.454 e. The summed E-state index contributed by atoms with van der Waals surface area (Å²) in [7, 11) is -3.64. The standard InChI is InChI=1S/C21H27N3O5S/c1-13-6-8-24(9-7-13)30(26,27)20-14(2)19(23-15(20)3)21(25)22-11-16-4-5-17-18(10-16)29-12-28-17/h4-5,10,13,23H,6-9,11-12H2,1-3H3,(H,22,25). The van der Waals surface area contributed by atoms with E-state index in [4.69, 9.17) is 9.47 Å². The summed E-state index contributed by atoms with van der Waals surface area (Å²) < 4.78 is 38.6. The van der Waals surface area contributed by atoms with Gasteiger partial charge in [0.25, 0.3) is 5.91 Å². The zero-order chi connectivity index (χ0) is 21.5. The molecule has 0 aliphatic carbocycles. The first kappa shape index (κ1) is 20.7. The van der Waals surface area contributed by atoms with Crippen molar-refractivity contribution in [2.24, 2.45) is 5.92 Å². The molecule has 1 saturated heterocycles. The number of amides is 1. The van der Waals surface area contributed by atoms with Gasteiger partial charge in [-0.15, -0.1) is 0 Å². The second-order valence-corrected chi connectivity index (χ2v) is 9.91. The summed E-state index contributed by atoms with van der Waals surface area (Å²) in [6.07, 6.45) is 1.70. The lowest BCUT2D eigenvalue weighted by molar-refractivity contribution is 0.0945. The normalized spacial score (nSPS) is 17.3. The Morgan fingerprint density at radius 2 is 1.90 bits per heavy atom. The van der Waals surface area contributed by atoms with Crippen molar-refractivity contribution in [3.05, 3.63) is 40.7 Å². The van der Waals surface area contributed by atoms with E-state index in [0.29, 0.717) is 48.3 Å². The van der Waals surface area contributed by atoms with Crippen LogP contribution in [-0.4, -0.2) is 43.5 Å². The van der Waals surface area contributed by atoms with Crippen molar-refractivity contribution in [2.45, 2.75) is 45.1 Å². The molecule has 2 aromatic rings. The number of aromatic amines is 1. The molecule has 30 heavy (non-hydrogen) atoms. The lowest BCUT2D eigenvalue weighted by Crippen LogP contribution is -2.38. The molecule has 4 rings (SSSR count). The van der Waals surface area contributed by atoms with Crippen LogP contribution in [0.2, 0.25) is 0 Å². The van der Waals surface area contributed by atoms with E-state index in [2.05, 4.69) is 17.2 Å². The van der Waals surface area contributed by atoms with Crippen molar-refractivity contribution >= 4 is 15.9 Å². The molecule has 0 radical (unpaired) electrons. The highest BCUT2D eigenvalue weighted by atomic mass is 32.2. The van der Waals surface area contributed by atoms with Gasteiger partial charge in [0.05, 0.1) is 0 Å². The zero-order valence-electron chi connectivity index (χ0n) is 17.4. The van der Waals surface area contributed by atoms with Gasteiger partial charge in [0.15, 0.2) is 11.5 Å². The lowest BCUT2D eigenvalue weighted by Gasteiger charge is -2.29. The highest BCUT2D eigenvalue weighted by Gasteiger charge is 2.33. The van der Waals surface area contributed by atoms with Crippen LogP contribution in [0.4, 0.5) is 0 Å². The second-order valence-electron chi connectivity index (χ2n) is 8.04. The maximum absolute atomic E-state index is 13.2. The summed E-state index contributed by atoms with van der Waals surface area (Å²) in [5.74, 6) is 1.52. The molecule has 0 spiro atoms. The summed E-state index contributed by atoms with van der Waals surface area (Å²) in [6, 6.07) is 5.48. The van der Waals surface area contributed by atoms with Gasteiger partial charge in [-0.2, -0.15) is 4.31 Å². The summed E-state index contributed by atoms with van der Waals surface area (Å²) >= 11 is 0. The number of aryl methyl sites for hydroxylation is 1. The third-order valence-electron chi connectivity index (χ3n) is 5.83. The van der Waals surface area contributed by atoms with E-state index in [1.165, 1.54) is 4.31 Å². The van der Waals surface area contributed by atoms with Gasteiger partial charge in [-0.25, -0.2) is 8.42 Å². The van der Waals surface area contributed by atoms with Gasteiger partial charge < -0.3 is 19.8 Å². The molecular weight excluding hydrogens is 406 g/mol. The predicted molar refractivity (Wildman–Crippen MR) is 111 cm³/mol. The average molecular weight is 434 g/mol. The van der Waals surface area contributed by atoms with Gasteiger partial charge in [0, 0.05) is 25.3 Å². The number of ether oxygens (including phenoxy) is 2. The van der Waals surface area contributed by atoms with Gasteiger partial charge in [-0.1, -0.05) is 13.0 Å². The van der Waals surface area contributed by atoms with Crippen LogP contribution in [0.3, 0.4) is 0 Å². The summed E-state index contributed by atoms with van der Waals surface area (Å²) in [6.45, 7) is 7.02. The van der Waals surface area contributed by atoms with Gasteiger partial charge in [-0.3, -0.25) is 4.79 Å². The monoisotopic (exact) mass is 433 g/mol. The second kappa shape index (κ2) is 7.96. The van der Waals surface area contributed by atoms with Crippen molar-refractivity contribution < 1.29 is 22.7 Å². The minimum atomic E-state index is -3.64. The third-order valence-corrected chi connectivity index (χ3v) is 8.00. The summed E-state index contributed by atoms with van der Waals surface area (Å²) in [5, 5.41) is 2.85. The Labute approximate surface area is 176 Å². The Hall–Kier alpha value is -2.52. The number of hydrogen-bond acceptors (Lipinski definition) is 5.